The normalized spacial score (nSPS) is 14.3. The third kappa shape index (κ3) is 6.68. The lowest BCUT2D eigenvalue weighted by molar-refractivity contribution is 0.0521. The lowest BCUT2D eigenvalue weighted by atomic mass is 10.0. The Morgan fingerprint density at radius 2 is 1.95 bits per heavy atom. The van der Waals surface area contributed by atoms with Crippen LogP contribution in [0.1, 0.15) is 38.9 Å². The van der Waals surface area contributed by atoms with Crippen molar-refractivity contribution < 1.29 is 14.6 Å². The molecule has 0 aliphatic heterocycles. The number of ether oxygens (including phenoxy) is 1. The van der Waals surface area contributed by atoms with E-state index in [0.29, 0.717) is 13.0 Å². The first-order chi connectivity index (χ1) is 10.2. The van der Waals surface area contributed by atoms with Gasteiger partial charge in [-0.15, -0.1) is 11.8 Å². The van der Waals surface area contributed by atoms with Gasteiger partial charge in [0.2, 0.25) is 0 Å². The molecule has 0 bridgehead atoms. The van der Waals surface area contributed by atoms with Gasteiger partial charge in [0.25, 0.3) is 0 Å². The summed E-state index contributed by atoms with van der Waals surface area (Å²) in [6.07, 6.45) is 1.24. The van der Waals surface area contributed by atoms with E-state index in [-0.39, 0.29) is 0 Å². The molecule has 0 heterocycles. The number of aliphatic hydroxyl groups is 1. The minimum absolute atomic E-state index is 0.357. The number of nitrogens with one attached hydrogen (secondary N) is 1. The highest BCUT2D eigenvalue weighted by atomic mass is 32.2. The Morgan fingerprint density at radius 1 is 1.36 bits per heavy atom. The number of carbonyl (C=O) groups excluding carboxylic acids is 1. The van der Waals surface area contributed by atoms with E-state index < -0.39 is 23.8 Å². The molecule has 4 N–H and O–H groups in total. The second kappa shape index (κ2) is 8.41. The summed E-state index contributed by atoms with van der Waals surface area (Å²) >= 11 is 1.64. The molecule has 0 saturated carbocycles. The molecular formula is C16H26N2O3S. The van der Waals surface area contributed by atoms with Gasteiger partial charge in [-0.05, 0) is 51.1 Å². The highest BCUT2D eigenvalue weighted by Crippen LogP contribution is 2.21. The number of amides is 1. The summed E-state index contributed by atoms with van der Waals surface area (Å²) in [7, 11) is 0. The van der Waals surface area contributed by atoms with Crippen molar-refractivity contribution in [1.82, 2.24) is 5.32 Å². The number of alkyl carbamates (subject to hydrolysis) is 1. The van der Waals surface area contributed by atoms with Gasteiger partial charge in [0.05, 0.1) is 6.10 Å². The Hall–Kier alpha value is -1.24. The van der Waals surface area contributed by atoms with Crippen LogP contribution in [0.5, 0.6) is 0 Å². The second-order valence-corrected chi connectivity index (χ2v) is 6.98. The van der Waals surface area contributed by atoms with E-state index in [4.69, 9.17) is 10.5 Å². The van der Waals surface area contributed by atoms with Crippen LogP contribution in [-0.4, -0.2) is 35.6 Å². The predicted octanol–water partition coefficient (Wildman–Crippen LogP) is 2.68. The van der Waals surface area contributed by atoms with Gasteiger partial charge in [-0.2, -0.15) is 0 Å². The molecule has 0 spiro atoms. The molecule has 1 aromatic carbocycles. The third-order valence-electron chi connectivity index (χ3n) is 3.01. The zero-order valence-electron chi connectivity index (χ0n) is 13.6. The van der Waals surface area contributed by atoms with Gasteiger partial charge in [0.1, 0.15) is 5.60 Å². The maximum atomic E-state index is 11.5. The highest BCUT2D eigenvalue weighted by molar-refractivity contribution is 7.98. The van der Waals surface area contributed by atoms with Crippen LogP contribution in [-0.2, 0) is 4.74 Å². The fourth-order valence-corrected chi connectivity index (χ4v) is 2.27. The van der Waals surface area contributed by atoms with E-state index >= 15 is 0 Å². The maximum Gasteiger partial charge on any atom is 0.407 e. The van der Waals surface area contributed by atoms with Gasteiger partial charge < -0.3 is 20.9 Å². The van der Waals surface area contributed by atoms with Gasteiger partial charge in [0, 0.05) is 17.5 Å². The Balaban J connectivity index is 2.40. The number of hydrogen-bond donors (Lipinski definition) is 3. The van der Waals surface area contributed by atoms with Gasteiger partial charge >= 0.3 is 6.09 Å². The van der Waals surface area contributed by atoms with Crippen molar-refractivity contribution in [2.75, 3.05) is 12.8 Å². The summed E-state index contributed by atoms with van der Waals surface area (Å²) in [6.45, 7) is 5.77. The number of nitrogens with two attached hydrogens (primary N) is 1. The summed E-state index contributed by atoms with van der Waals surface area (Å²) in [6, 6.07) is 7.20. The summed E-state index contributed by atoms with van der Waals surface area (Å²) in [5, 5.41) is 12.9. The van der Waals surface area contributed by atoms with Gasteiger partial charge in [0.15, 0.2) is 0 Å². The average Bonchev–Trinajstić information content (AvgIpc) is 2.44. The van der Waals surface area contributed by atoms with Crippen molar-refractivity contribution in [2.24, 2.45) is 5.73 Å². The molecule has 0 radical (unpaired) electrons. The highest BCUT2D eigenvalue weighted by Gasteiger charge is 2.19. The number of benzene rings is 1. The quantitative estimate of drug-likeness (QED) is 0.700. The van der Waals surface area contributed by atoms with E-state index in [1.54, 1.807) is 32.5 Å². The van der Waals surface area contributed by atoms with Crippen LogP contribution in [0.25, 0.3) is 0 Å². The lowest BCUT2D eigenvalue weighted by Gasteiger charge is -2.22. The summed E-state index contributed by atoms with van der Waals surface area (Å²) in [5.41, 5.74) is 6.24. The van der Waals surface area contributed by atoms with Crippen LogP contribution in [0.3, 0.4) is 0 Å². The molecule has 6 heteroatoms. The van der Waals surface area contributed by atoms with E-state index in [1.165, 1.54) is 0 Å². The molecule has 124 valence electrons. The first kappa shape index (κ1) is 18.8. The molecule has 22 heavy (non-hydrogen) atoms. The van der Waals surface area contributed by atoms with Crippen molar-refractivity contribution in [3.8, 4) is 0 Å². The summed E-state index contributed by atoms with van der Waals surface area (Å²) in [5.74, 6) is 0. The van der Waals surface area contributed by atoms with Crippen LogP contribution < -0.4 is 11.1 Å². The smallest absolute Gasteiger partial charge is 0.407 e. The minimum atomic E-state index is -0.753. The second-order valence-electron chi connectivity index (χ2n) is 6.10. The molecule has 1 amide bonds. The van der Waals surface area contributed by atoms with E-state index in [1.807, 2.05) is 30.5 Å². The zero-order chi connectivity index (χ0) is 16.8. The van der Waals surface area contributed by atoms with Crippen molar-refractivity contribution >= 4 is 17.9 Å². The van der Waals surface area contributed by atoms with E-state index in [0.717, 1.165) is 10.5 Å². The monoisotopic (exact) mass is 326 g/mol. The number of aliphatic hydroxyl groups excluding tert-OH is 1. The molecule has 1 aromatic rings. The molecule has 0 aliphatic rings. The Bertz CT molecular complexity index is 471. The number of hydrogen-bond acceptors (Lipinski definition) is 5. The number of rotatable bonds is 6. The number of thioether (sulfide) groups is 1. The maximum absolute atomic E-state index is 11.5. The van der Waals surface area contributed by atoms with Crippen LogP contribution in [0.15, 0.2) is 29.2 Å². The summed E-state index contributed by atoms with van der Waals surface area (Å²) < 4.78 is 5.13. The molecule has 1 rings (SSSR count). The van der Waals surface area contributed by atoms with Gasteiger partial charge in [-0.1, -0.05) is 12.1 Å². The van der Waals surface area contributed by atoms with Crippen molar-refractivity contribution in [3.63, 3.8) is 0 Å². The van der Waals surface area contributed by atoms with Crippen LogP contribution in [0.2, 0.25) is 0 Å². The average molecular weight is 326 g/mol. The molecule has 2 unspecified atom stereocenters. The Kier molecular flexibility index (Phi) is 7.19. The standard InChI is InChI=1S/C16H26N2O3S/c1-16(2,3)21-15(20)18-10-9-13(17)14(19)11-5-7-12(22-4)8-6-11/h5-8,13-14,19H,9-10,17H2,1-4H3,(H,18,20). The third-order valence-corrected chi connectivity index (χ3v) is 3.75. The van der Waals surface area contributed by atoms with Crippen LogP contribution >= 0.6 is 11.8 Å². The first-order valence-corrected chi connectivity index (χ1v) is 8.50. The predicted molar refractivity (Wildman–Crippen MR) is 90.0 cm³/mol. The molecule has 2 atom stereocenters. The van der Waals surface area contributed by atoms with Gasteiger partial charge in [-0.25, -0.2) is 4.79 Å². The molecule has 5 nitrogen and oxygen atoms in total. The molecule has 0 aromatic heterocycles. The molecular weight excluding hydrogens is 300 g/mol. The number of carbonyl (C=O) groups is 1. The molecule has 0 fully saturated rings. The fraction of sp³-hybridized carbons (Fsp3) is 0.562. The zero-order valence-corrected chi connectivity index (χ0v) is 14.4. The molecule has 0 aliphatic carbocycles. The largest absolute Gasteiger partial charge is 0.444 e. The lowest BCUT2D eigenvalue weighted by Crippen LogP contribution is -2.37. The van der Waals surface area contributed by atoms with E-state index in [2.05, 4.69) is 5.32 Å². The fourth-order valence-electron chi connectivity index (χ4n) is 1.86. The van der Waals surface area contributed by atoms with Crippen molar-refractivity contribution in [1.29, 1.82) is 0 Å². The SMILES string of the molecule is CSc1ccc(C(O)C(N)CCNC(=O)OC(C)(C)C)cc1. The van der Waals surface area contributed by atoms with E-state index in [9.17, 15) is 9.90 Å². The first-order valence-electron chi connectivity index (χ1n) is 7.27. The topological polar surface area (TPSA) is 84.6 Å². The van der Waals surface area contributed by atoms with Crippen molar-refractivity contribution in [2.45, 2.75) is 49.8 Å². The van der Waals surface area contributed by atoms with Crippen molar-refractivity contribution in [3.05, 3.63) is 29.8 Å². The Labute approximate surface area is 136 Å². The molecule has 0 saturated heterocycles. The summed E-state index contributed by atoms with van der Waals surface area (Å²) in [4.78, 5) is 12.6. The van der Waals surface area contributed by atoms with Gasteiger partial charge in [-0.3, -0.25) is 0 Å². The Morgan fingerprint density at radius 3 is 2.45 bits per heavy atom. The minimum Gasteiger partial charge on any atom is -0.444 e. The van der Waals surface area contributed by atoms with Crippen LogP contribution in [0.4, 0.5) is 4.79 Å². The van der Waals surface area contributed by atoms with Crippen LogP contribution in [0, 0.1) is 0 Å².